The zero-order valence-electron chi connectivity index (χ0n) is 16.1. The number of halogens is 1. The molecule has 146 valence electrons. The number of para-hydroxylation sites is 1. The molecule has 0 bridgehead atoms. The Kier molecular flexibility index (Phi) is 8.14. The largest absolute Gasteiger partial charge is 0.484 e. The predicted molar refractivity (Wildman–Crippen MR) is 112 cm³/mol. The summed E-state index contributed by atoms with van der Waals surface area (Å²) < 4.78 is 5.65. The number of carbonyl (C=O) groups is 1. The summed E-state index contributed by atoms with van der Waals surface area (Å²) in [7, 11) is 0. The number of carbonyl (C=O) groups excluding carboxylic acids is 1. The molecule has 1 saturated heterocycles. The van der Waals surface area contributed by atoms with Crippen molar-refractivity contribution in [1.29, 1.82) is 0 Å². The monoisotopic (exact) mass is 388 g/mol. The number of nitrogens with one attached hydrogen (secondary N) is 1. The van der Waals surface area contributed by atoms with E-state index < -0.39 is 0 Å². The molecule has 0 aliphatic carbocycles. The Morgan fingerprint density at radius 2 is 1.74 bits per heavy atom. The Hall–Kier alpha value is -2.04. The maximum atomic E-state index is 12.3. The van der Waals surface area contributed by atoms with Gasteiger partial charge in [-0.1, -0.05) is 48.0 Å². The summed E-state index contributed by atoms with van der Waals surface area (Å²) in [6, 6.07) is 16.6. The van der Waals surface area contributed by atoms with Crippen LogP contribution in [0.15, 0.2) is 48.5 Å². The molecular weight excluding hydrogens is 360 g/mol. The van der Waals surface area contributed by atoms with Crippen LogP contribution in [-0.4, -0.2) is 37.0 Å². The van der Waals surface area contributed by atoms with Crippen LogP contribution in [-0.2, 0) is 4.79 Å². The van der Waals surface area contributed by atoms with Gasteiger partial charge in [-0.05, 0) is 57.0 Å². The van der Waals surface area contributed by atoms with E-state index in [4.69, 9.17) is 4.74 Å². The molecule has 1 fully saturated rings. The van der Waals surface area contributed by atoms with Gasteiger partial charge in [0.05, 0.1) is 6.04 Å². The van der Waals surface area contributed by atoms with Gasteiger partial charge in [0.1, 0.15) is 5.75 Å². The minimum absolute atomic E-state index is 0. The molecule has 1 aliphatic rings. The number of hydrogen-bond acceptors (Lipinski definition) is 3. The van der Waals surface area contributed by atoms with Gasteiger partial charge in [-0.15, -0.1) is 12.4 Å². The van der Waals surface area contributed by atoms with Gasteiger partial charge in [0.2, 0.25) is 0 Å². The number of aryl methyl sites for hydroxylation is 2. The van der Waals surface area contributed by atoms with Crippen molar-refractivity contribution >= 4 is 18.3 Å². The number of ether oxygens (including phenoxy) is 1. The molecule has 0 radical (unpaired) electrons. The molecule has 2 aromatic carbocycles. The van der Waals surface area contributed by atoms with Gasteiger partial charge in [0, 0.05) is 6.54 Å². The molecule has 0 aromatic heterocycles. The van der Waals surface area contributed by atoms with E-state index in [2.05, 4.69) is 41.4 Å². The highest BCUT2D eigenvalue weighted by Gasteiger charge is 2.23. The Bertz CT molecular complexity index is 727. The van der Waals surface area contributed by atoms with Crippen LogP contribution in [0.25, 0.3) is 0 Å². The number of likely N-dealkylation sites (tertiary alicyclic amines) is 1. The van der Waals surface area contributed by atoms with Gasteiger partial charge < -0.3 is 10.1 Å². The molecule has 1 heterocycles. The number of nitrogens with zero attached hydrogens (tertiary/aromatic N) is 1. The first-order valence-electron chi connectivity index (χ1n) is 9.39. The lowest BCUT2D eigenvalue weighted by Crippen LogP contribution is -2.38. The summed E-state index contributed by atoms with van der Waals surface area (Å²) in [4.78, 5) is 14.7. The van der Waals surface area contributed by atoms with Crippen LogP contribution in [0.4, 0.5) is 0 Å². The number of amides is 1. The smallest absolute Gasteiger partial charge is 0.258 e. The van der Waals surface area contributed by atoms with Gasteiger partial charge in [-0.25, -0.2) is 0 Å². The molecule has 4 nitrogen and oxygen atoms in total. The molecule has 1 aliphatic heterocycles. The maximum Gasteiger partial charge on any atom is 0.258 e. The highest BCUT2D eigenvalue weighted by molar-refractivity contribution is 5.85. The highest BCUT2D eigenvalue weighted by atomic mass is 35.5. The van der Waals surface area contributed by atoms with Crippen molar-refractivity contribution in [3.05, 3.63) is 65.2 Å². The van der Waals surface area contributed by atoms with E-state index in [1.807, 2.05) is 31.2 Å². The predicted octanol–water partition coefficient (Wildman–Crippen LogP) is 4.06. The quantitative estimate of drug-likeness (QED) is 0.777. The maximum absolute atomic E-state index is 12.3. The first-order chi connectivity index (χ1) is 12.6. The third-order valence-corrected chi connectivity index (χ3v) is 4.99. The van der Waals surface area contributed by atoms with Crippen molar-refractivity contribution in [2.24, 2.45) is 0 Å². The van der Waals surface area contributed by atoms with Crippen LogP contribution >= 0.6 is 12.4 Å². The van der Waals surface area contributed by atoms with E-state index in [9.17, 15) is 4.79 Å². The van der Waals surface area contributed by atoms with Crippen molar-refractivity contribution < 1.29 is 9.53 Å². The lowest BCUT2D eigenvalue weighted by Gasteiger charge is -2.28. The SMILES string of the molecule is Cc1ccc(C(CNC(=O)COc2ccccc2C)N2CCCC2)cc1.Cl. The van der Waals surface area contributed by atoms with E-state index in [1.165, 1.54) is 24.0 Å². The second-order valence-electron chi connectivity index (χ2n) is 7.03. The van der Waals surface area contributed by atoms with Crippen LogP contribution in [0.2, 0.25) is 0 Å². The second-order valence-corrected chi connectivity index (χ2v) is 7.03. The van der Waals surface area contributed by atoms with Gasteiger partial charge in [0.15, 0.2) is 6.61 Å². The summed E-state index contributed by atoms with van der Waals surface area (Å²) in [5, 5.41) is 3.06. The fourth-order valence-corrected chi connectivity index (χ4v) is 3.42. The van der Waals surface area contributed by atoms with Crippen molar-refractivity contribution in [2.75, 3.05) is 26.2 Å². The zero-order valence-corrected chi connectivity index (χ0v) is 16.9. The van der Waals surface area contributed by atoms with E-state index in [0.717, 1.165) is 24.4 Å². The Morgan fingerprint density at radius 3 is 2.41 bits per heavy atom. The van der Waals surface area contributed by atoms with Crippen molar-refractivity contribution in [3.8, 4) is 5.75 Å². The van der Waals surface area contributed by atoms with E-state index in [0.29, 0.717) is 6.54 Å². The van der Waals surface area contributed by atoms with E-state index in [1.54, 1.807) is 0 Å². The molecular formula is C22H29ClN2O2. The second kappa shape index (κ2) is 10.3. The number of rotatable bonds is 7. The first-order valence-corrected chi connectivity index (χ1v) is 9.39. The van der Waals surface area contributed by atoms with Gasteiger partial charge in [0.25, 0.3) is 5.91 Å². The van der Waals surface area contributed by atoms with Crippen LogP contribution in [0.3, 0.4) is 0 Å². The van der Waals surface area contributed by atoms with Crippen molar-refractivity contribution in [1.82, 2.24) is 10.2 Å². The minimum atomic E-state index is -0.0791. The third kappa shape index (κ3) is 5.98. The lowest BCUT2D eigenvalue weighted by molar-refractivity contribution is -0.123. The number of benzene rings is 2. The third-order valence-electron chi connectivity index (χ3n) is 4.99. The lowest BCUT2D eigenvalue weighted by atomic mass is 10.0. The van der Waals surface area contributed by atoms with Crippen molar-refractivity contribution in [3.63, 3.8) is 0 Å². The van der Waals surface area contributed by atoms with Gasteiger partial charge >= 0.3 is 0 Å². The van der Waals surface area contributed by atoms with E-state index >= 15 is 0 Å². The Morgan fingerprint density at radius 1 is 1.07 bits per heavy atom. The zero-order chi connectivity index (χ0) is 18.4. The average Bonchev–Trinajstić information content (AvgIpc) is 3.17. The average molecular weight is 389 g/mol. The summed E-state index contributed by atoms with van der Waals surface area (Å²) in [6.45, 7) is 6.92. The van der Waals surface area contributed by atoms with Gasteiger partial charge in [-0.3, -0.25) is 9.69 Å². The Labute approximate surface area is 168 Å². The number of hydrogen-bond donors (Lipinski definition) is 1. The standard InChI is InChI=1S/C22H28N2O2.ClH/c1-17-9-11-19(12-10-17)20(24-13-5-6-14-24)15-23-22(25)16-26-21-8-4-3-7-18(21)2;/h3-4,7-12,20H,5-6,13-16H2,1-2H3,(H,23,25);1H. The first kappa shape index (κ1) is 21.3. The van der Waals surface area contributed by atoms with Crippen LogP contribution in [0, 0.1) is 13.8 Å². The molecule has 27 heavy (non-hydrogen) atoms. The molecule has 3 rings (SSSR count). The molecule has 1 unspecified atom stereocenters. The Balaban J connectivity index is 0.00000261. The van der Waals surface area contributed by atoms with E-state index in [-0.39, 0.29) is 31.0 Å². The normalized spacial score (nSPS) is 15.0. The van der Waals surface area contributed by atoms with Crippen LogP contribution in [0.5, 0.6) is 5.75 Å². The summed E-state index contributed by atoms with van der Waals surface area (Å²) in [5.74, 6) is 0.682. The molecule has 0 spiro atoms. The highest BCUT2D eigenvalue weighted by Crippen LogP contribution is 2.25. The minimum Gasteiger partial charge on any atom is -0.484 e. The molecule has 0 saturated carbocycles. The molecule has 2 aromatic rings. The summed E-state index contributed by atoms with van der Waals surface area (Å²) >= 11 is 0. The van der Waals surface area contributed by atoms with Crippen molar-refractivity contribution in [2.45, 2.75) is 32.7 Å². The fourth-order valence-electron chi connectivity index (χ4n) is 3.42. The molecule has 1 N–H and O–H groups in total. The van der Waals surface area contributed by atoms with Gasteiger partial charge in [-0.2, -0.15) is 0 Å². The van der Waals surface area contributed by atoms with Crippen LogP contribution < -0.4 is 10.1 Å². The van der Waals surface area contributed by atoms with Crippen LogP contribution in [0.1, 0.15) is 35.6 Å². The molecule has 1 atom stereocenters. The summed E-state index contributed by atoms with van der Waals surface area (Å²) in [6.07, 6.45) is 2.46. The topological polar surface area (TPSA) is 41.6 Å². The summed E-state index contributed by atoms with van der Waals surface area (Å²) in [5.41, 5.74) is 3.55. The fraction of sp³-hybridized carbons (Fsp3) is 0.409. The molecule has 5 heteroatoms. The molecule has 1 amide bonds.